The van der Waals surface area contributed by atoms with E-state index in [1.165, 1.54) is 6.07 Å². The van der Waals surface area contributed by atoms with Crippen LogP contribution in [0.2, 0.25) is 0 Å². The van der Waals surface area contributed by atoms with Gasteiger partial charge in [-0.2, -0.15) is 5.10 Å². The third-order valence-electron chi connectivity index (χ3n) is 4.16. The highest BCUT2D eigenvalue weighted by atomic mass is 19.1. The molecule has 25 heavy (non-hydrogen) atoms. The molecule has 0 bridgehead atoms. The summed E-state index contributed by atoms with van der Waals surface area (Å²) in [7, 11) is 0. The monoisotopic (exact) mass is 333 g/mol. The van der Waals surface area contributed by atoms with Crippen molar-refractivity contribution < 1.29 is 4.39 Å². The third kappa shape index (κ3) is 2.71. The Kier molecular flexibility index (Phi) is 3.65. The largest absolute Gasteiger partial charge is 0.383 e. The molecule has 1 aromatic carbocycles. The quantitative estimate of drug-likeness (QED) is 0.622. The molecule has 2 N–H and O–H groups in total. The highest BCUT2D eigenvalue weighted by Gasteiger charge is 2.16. The maximum Gasteiger partial charge on any atom is 0.158 e. The number of pyridine rings is 2. The van der Waals surface area contributed by atoms with Crippen molar-refractivity contribution in [2.24, 2.45) is 0 Å². The summed E-state index contributed by atoms with van der Waals surface area (Å²) >= 11 is 0. The molecule has 0 unspecified atom stereocenters. The minimum atomic E-state index is -0.263. The molecule has 0 amide bonds. The van der Waals surface area contributed by atoms with E-state index in [9.17, 15) is 4.39 Å². The van der Waals surface area contributed by atoms with Crippen molar-refractivity contribution in [2.75, 3.05) is 5.73 Å². The molecule has 3 heterocycles. The van der Waals surface area contributed by atoms with Gasteiger partial charge in [0, 0.05) is 17.1 Å². The van der Waals surface area contributed by atoms with Crippen molar-refractivity contribution in [3.8, 4) is 11.4 Å². The van der Waals surface area contributed by atoms with Crippen molar-refractivity contribution in [3.05, 3.63) is 71.7 Å². The van der Waals surface area contributed by atoms with Crippen LogP contribution in [0.4, 0.5) is 10.2 Å². The van der Waals surface area contributed by atoms with Crippen LogP contribution in [0.25, 0.3) is 22.4 Å². The van der Waals surface area contributed by atoms with Crippen molar-refractivity contribution in [2.45, 2.75) is 13.5 Å². The molecule has 0 atom stereocenters. The Morgan fingerprint density at radius 2 is 1.92 bits per heavy atom. The van der Waals surface area contributed by atoms with Crippen LogP contribution in [-0.2, 0) is 6.54 Å². The molecule has 4 aromatic rings. The summed E-state index contributed by atoms with van der Waals surface area (Å²) in [5.41, 5.74) is 9.45. The third-order valence-corrected chi connectivity index (χ3v) is 4.16. The first-order chi connectivity index (χ1) is 12.1. The lowest BCUT2D eigenvalue weighted by atomic mass is 10.1. The fourth-order valence-electron chi connectivity index (χ4n) is 2.77. The van der Waals surface area contributed by atoms with Crippen molar-refractivity contribution in [1.82, 2.24) is 19.7 Å². The Morgan fingerprint density at radius 3 is 2.72 bits per heavy atom. The van der Waals surface area contributed by atoms with Gasteiger partial charge < -0.3 is 5.73 Å². The second-order valence-electron chi connectivity index (χ2n) is 5.87. The van der Waals surface area contributed by atoms with E-state index in [0.29, 0.717) is 35.0 Å². The first-order valence-electron chi connectivity index (χ1n) is 7.92. The number of nitrogens with zero attached hydrogens (tertiary/aromatic N) is 4. The first-order valence-corrected chi connectivity index (χ1v) is 7.92. The zero-order chi connectivity index (χ0) is 17.4. The van der Waals surface area contributed by atoms with Crippen LogP contribution in [0.15, 0.2) is 54.7 Å². The number of nitrogens with two attached hydrogens (primary N) is 1. The van der Waals surface area contributed by atoms with Gasteiger partial charge in [-0.15, -0.1) is 0 Å². The van der Waals surface area contributed by atoms with Gasteiger partial charge in [-0.3, -0.25) is 0 Å². The van der Waals surface area contributed by atoms with Gasteiger partial charge in [0.05, 0.1) is 12.2 Å². The number of anilines is 1. The number of nitrogen functional groups attached to an aromatic ring is 1. The predicted octanol–water partition coefficient (Wildman–Crippen LogP) is 3.57. The Bertz CT molecular complexity index is 1070. The van der Waals surface area contributed by atoms with Gasteiger partial charge in [-0.1, -0.05) is 24.3 Å². The second kappa shape index (κ2) is 5.98. The van der Waals surface area contributed by atoms with Crippen LogP contribution < -0.4 is 5.73 Å². The van der Waals surface area contributed by atoms with Crippen LogP contribution >= 0.6 is 0 Å². The Labute approximate surface area is 144 Å². The van der Waals surface area contributed by atoms with Crippen molar-refractivity contribution in [3.63, 3.8) is 0 Å². The van der Waals surface area contributed by atoms with Crippen LogP contribution in [0.5, 0.6) is 0 Å². The van der Waals surface area contributed by atoms with E-state index in [2.05, 4.69) is 15.1 Å². The summed E-state index contributed by atoms with van der Waals surface area (Å²) in [5.74, 6) is 0.208. The number of halogens is 1. The Balaban J connectivity index is 1.87. The molecule has 0 radical (unpaired) electrons. The molecule has 0 aliphatic rings. The minimum Gasteiger partial charge on any atom is -0.383 e. The zero-order valence-electron chi connectivity index (χ0n) is 13.6. The smallest absolute Gasteiger partial charge is 0.158 e. The minimum absolute atomic E-state index is 0.263. The highest BCUT2D eigenvalue weighted by Crippen LogP contribution is 2.27. The summed E-state index contributed by atoms with van der Waals surface area (Å²) in [6, 6.07) is 14.2. The molecule has 4 rings (SSSR count). The number of rotatable bonds is 3. The van der Waals surface area contributed by atoms with Crippen LogP contribution in [0, 0.1) is 12.7 Å². The number of fused-ring (bicyclic) bond motifs is 1. The van der Waals surface area contributed by atoms with E-state index in [4.69, 9.17) is 5.73 Å². The van der Waals surface area contributed by atoms with Gasteiger partial charge in [-0.05, 0) is 36.8 Å². The predicted molar refractivity (Wildman–Crippen MR) is 95.4 cm³/mol. The van der Waals surface area contributed by atoms with Crippen molar-refractivity contribution >= 4 is 16.9 Å². The highest BCUT2D eigenvalue weighted by molar-refractivity contribution is 5.90. The van der Waals surface area contributed by atoms with Crippen molar-refractivity contribution in [1.29, 1.82) is 0 Å². The first kappa shape index (κ1) is 15.3. The fraction of sp³-hybridized carbons (Fsp3) is 0.105. The number of aromatic nitrogens is 4. The molecule has 6 heteroatoms. The van der Waals surface area contributed by atoms with E-state index in [0.717, 1.165) is 10.9 Å². The van der Waals surface area contributed by atoms with E-state index < -0.39 is 0 Å². The SMILES string of the molecule is Cc1ccc(-c2nn(Cc3ccccc3F)c3ncccc23)nc1N. The summed E-state index contributed by atoms with van der Waals surface area (Å²) in [6.45, 7) is 2.20. The normalized spacial score (nSPS) is 11.1. The standard InChI is InChI=1S/C19H16FN5/c1-12-8-9-16(23-18(12)21)17-14-6-4-10-22-19(14)25(24-17)11-13-5-2-3-7-15(13)20/h2-10H,11H2,1H3,(H2,21,23). The van der Waals surface area contributed by atoms with Gasteiger partial charge in [0.2, 0.25) is 0 Å². The molecule has 3 aromatic heterocycles. The summed E-state index contributed by atoms with van der Waals surface area (Å²) in [4.78, 5) is 8.84. The van der Waals surface area contributed by atoms with Gasteiger partial charge in [-0.25, -0.2) is 19.0 Å². The van der Waals surface area contributed by atoms with E-state index in [-0.39, 0.29) is 5.82 Å². The molecule has 124 valence electrons. The lowest BCUT2D eigenvalue weighted by Gasteiger charge is -2.04. The Hall–Kier alpha value is -3.28. The number of benzene rings is 1. The van der Waals surface area contributed by atoms with Gasteiger partial charge in [0.1, 0.15) is 17.3 Å². The van der Waals surface area contributed by atoms with Gasteiger partial charge >= 0.3 is 0 Å². The molecular weight excluding hydrogens is 317 g/mol. The lowest BCUT2D eigenvalue weighted by molar-refractivity contribution is 0.589. The van der Waals surface area contributed by atoms with Gasteiger partial charge in [0.25, 0.3) is 0 Å². The molecule has 5 nitrogen and oxygen atoms in total. The van der Waals surface area contributed by atoms with Crippen LogP contribution in [0.1, 0.15) is 11.1 Å². The fourth-order valence-corrected chi connectivity index (χ4v) is 2.77. The molecule has 0 saturated heterocycles. The molecule has 0 aliphatic carbocycles. The molecule has 0 fully saturated rings. The molecule has 0 aliphatic heterocycles. The molecule has 0 spiro atoms. The van der Waals surface area contributed by atoms with E-state index in [1.54, 1.807) is 29.1 Å². The van der Waals surface area contributed by atoms with Crippen LogP contribution in [-0.4, -0.2) is 19.7 Å². The zero-order valence-corrected chi connectivity index (χ0v) is 13.6. The molecular formula is C19H16FN5. The van der Waals surface area contributed by atoms with E-state index >= 15 is 0 Å². The molecule has 0 saturated carbocycles. The average molecular weight is 333 g/mol. The summed E-state index contributed by atoms with van der Waals surface area (Å²) in [6.07, 6.45) is 1.70. The maximum absolute atomic E-state index is 14.0. The number of hydrogen-bond acceptors (Lipinski definition) is 4. The number of aryl methyl sites for hydroxylation is 1. The lowest BCUT2D eigenvalue weighted by Crippen LogP contribution is -2.04. The summed E-state index contributed by atoms with van der Waals surface area (Å²) < 4.78 is 15.7. The van der Waals surface area contributed by atoms with Crippen LogP contribution in [0.3, 0.4) is 0 Å². The summed E-state index contributed by atoms with van der Waals surface area (Å²) in [5, 5.41) is 5.49. The number of hydrogen-bond donors (Lipinski definition) is 1. The second-order valence-corrected chi connectivity index (χ2v) is 5.87. The van der Waals surface area contributed by atoms with E-state index in [1.807, 2.05) is 31.2 Å². The maximum atomic E-state index is 14.0. The topological polar surface area (TPSA) is 69.6 Å². The van der Waals surface area contributed by atoms with Gasteiger partial charge in [0.15, 0.2) is 5.65 Å². The average Bonchev–Trinajstić information content (AvgIpc) is 2.98. The Morgan fingerprint density at radius 1 is 1.08 bits per heavy atom.